The van der Waals surface area contributed by atoms with Crippen molar-refractivity contribution >= 4 is 11.6 Å². The standard InChI is InChI=1S/C16H19N3O/c1-10(2)13-5-7-14(8-6-13)19-16(20)15-11(3)12(4)17-9-18-15/h5-10H,1-4H3,(H,19,20). The topological polar surface area (TPSA) is 54.9 Å². The van der Waals surface area contributed by atoms with Crippen molar-refractivity contribution < 1.29 is 4.79 Å². The van der Waals surface area contributed by atoms with Crippen LogP contribution in [0.1, 0.15) is 47.1 Å². The zero-order valence-electron chi connectivity index (χ0n) is 12.3. The van der Waals surface area contributed by atoms with Gasteiger partial charge in [-0.05, 0) is 37.5 Å². The maximum absolute atomic E-state index is 12.2. The Morgan fingerprint density at radius 3 is 2.35 bits per heavy atom. The Morgan fingerprint density at radius 1 is 1.10 bits per heavy atom. The van der Waals surface area contributed by atoms with Crippen LogP contribution in [0.3, 0.4) is 0 Å². The van der Waals surface area contributed by atoms with E-state index < -0.39 is 0 Å². The number of carbonyl (C=O) groups excluding carboxylic acids is 1. The first kappa shape index (κ1) is 14.2. The molecule has 0 spiro atoms. The van der Waals surface area contributed by atoms with Gasteiger partial charge in [0.25, 0.3) is 5.91 Å². The molecule has 0 aliphatic rings. The fourth-order valence-corrected chi connectivity index (χ4v) is 1.91. The third-order valence-electron chi connectivity index (χ3n) is 3.39. The normalized spacial score (nSPS) is 10.7. The predicted molar refractivity (Wildman–Crippen MR) is 80.0 cm³/mol. The molecular weight excluding hydrogens is 250 g/mol. The van der Waals surface area contributed by atoms with Gasteiger partial charge in [-0.3, -0.25) is 4.79 Å². The highest BCUT2D eigenvalue weighted by molar-refractivity contribution is 6.03. The minimum atomic E-state index is -0.203. The van der Waals surface area contributed by atoms with Crippen LogP contribution in [0, 0.1) is 13.8 Å². The zero-order chi connectivity index (χ0) is 14.7. The zero-order valence-corrected chi connectivity index (χ0v) is 12.3. The highest BCUT2D eigenvalue weighted by atomic mass is 16.1. The van der Waals surface area contributed by atoms with E-state index in [1.807, 2.05) is 38.1 Å². The van der Waals surface area contributed by atoms with Crippen molar-refractivity contribution in [3.63, 3.8) is 0 Å². The monoisotopic (exact) mass is 269 g/mol. The summed E-state index contributed by atoms with van der Waals surface area (Å²) in [7, 11) is 0. The lowest BCUT2D eigenvalue weighted by molar-refractivity contribution is 0.102. The van der Waals surface area contributed by atoms with Gasteiger partial charge in [0.15, 0.2) is 0 Å². The number of anilines is 1. The Kier molecular flexibility index (Phi) is 4.13. The second-order valence-electron chi connectivity index (χ2n) is 5.16. The number of amides is 1. The summed E-state index contributed by atoms with van der Waals surface area (Å²) in [5, 5.41) is 2.86. The summed E-state index contributed by atoms with van der Waals surface area (Å²) >= 11 is 0. The minimum Gasteiger partial charge on any atom is -0.321 e. The smallest absolute Gasteiger partial charge is 0.274 e. The molecule has 2 rings (SSSR count). The molecule has 20 heavy (non-hydrogen) atoms. The minimum absolute atomic E-state index is 0.203. The quantitative estimate of drug-likeness (QED) is 0.928. The Balaban J connectivity index is 2.17. The van der Waals surface area contributed by atoms with E-state index in [9.17, 15) is 4.79 Å². The van der Waals surface area contributed by atoms with E-state index in [1.54, 1.807) is 0 Å². The van der Waals surface area contributed by atoms with E-state index in [2.05, 4.69) is 29.1 Å². The number of carbonyl (C=O) groups is 1. The summed E-state index contributed by atoms with van der Waals surface area (Å²) < 4.78 is 0. The Labute approximate surface area is 119 Å². The first-order valence-electron chi connectivity index (χ1n) is 6.68. The summed E-state index contributed by atoms with van der Waals surface area (Å²) in [6.45, 7) is 8.00. The van der Waals surface area contributed by atoms with Crippen LogP contribution in [0.25, 0.3) is 0 Å². The molecule has 0 aliphatic carbocycles. The van der Waals surface area contributed by atoms with Gasteiger partial charge >= 0.3 is 0 Å². The fourth-order valence-electron chi connectivity index (χ4n) is 1.91. The SMILES string of the molecule is Cc1ncnc(C(=O)Nc2ccc(C(C)C)cc2)c1C. The molecule has 0 unspecified atom stereocenters. The molecule has 0 fully saturated rings. The second-order valence-corrected chi connectivity index (χ2v) is 5.16. The molecule has 1 aromatic heterocycles. The van der Waals surface area contributed by atoms with E-state index in [4.69, 9.17) is 0 Å². The van der Waals surface area contributed by atoms with Crippen LogP contribution in [0.15, 0.2) is 30.6 Å². The van der Waals surface area contributed by atoms with E-state index in [0.29, 0.717) is 11.6 Å². The summed E-state index contributed by atoms with van der Waals surface area (Å²) in [5.74, 6) is 0.275. The molecule has 0 aliphatic heterocycles. The lowest BCUT2D eigenvalue weighted by Gasteiger charge is -2.09. The van der Waals surface area contributed by atoms with Gasteiger partial charge in [0, 0.05) is 16.9 Å². The maximum atomic E-state index is 12.2. The summed E-state index contributed by atoms with van der Waals surface area (Å²) in [6.07, 6.45) is 1.42. The first-order valence-corrected chi connectivity index (χ1v) is 6.68. The van der Waals surface area contributed by atoms with E-state index in [-0.39, 0.29) is 5.91 Å². The van der Waals surface area contributed by atoms with Gasteiger partial charge in [0.1, 0.15) is 12.0 Å². The van der Waals surface area contributed by atoms with Crippen LogP contribution >= 0.6 is 0 Å². The predicted octanol–water partition coefficient (Wildman–Crippen LogP) is 3.47. The lowest BCUT2D eigenvalue weighted by Crippen LogP contribution is -2.16. The van der Waals surface area contributed by atoms with Gasteiger partial charge in [-0.25, -0.2) is 9.97 Å². The van der Waals surface area contributed by atoms with Crippen LogP contribution in [0.2, 0.25) is 0 Å². The van der Waals surface area contributed by atoms with Gasteiger partial charge in [-0.15, -0.1) is 0 Å². The molecule has 0 saturated carbocycles. The van der Waals surface area contributed by atoms with Crippen molar-refractivity contribution in [1.82, 2.24) is 9.97 Å². The van der Waals surface area contributed by atoms with Crippen molar-refractivity contribution in [1.29, 1.82) is 0 Å². The average Bonchev–Trinajstić information content (AvgIpc) is 2.42. The number of nitrogens with zero attached hydrogens (tertiary/aromatic N) is 2. The molecule has 1 heterocycles. The average molecular weight is 269 g/mol. The lowest BCUT2D eigenvalue weighted by atomic mass is 10.0. The van der Waals surface area contributed by atoms with Crippen molar-refractivity contribution in [2.45, 2.75) is 33.6 Å². The maximum Gasteiger partial charge on any atom is 0.274 e. The first-order chi connectivity index (χ1) is 9.49. The van der Waals surface area contributed by atoms with Crippen molar-refractivity contribution in [3.05, 3.63) is 53.1 Å². The summed E-state index contributed by atoms with van der Waals surface area (Å²) in [4.78, 5) is 20.3. The van der Waals surface area contributed by atoms with Crippen molar-refractivity contribution in [2.24, 2.45) is 0 Å². The van der Waals surface area contributed by atoms with Crippen molar-refractivity contribution in [3.8, 4) is 0 Å². The van der Waals surface area contributed by atoms with Crippen LogP contribution in [-0.2, 0) is 0 Å². The highest BCUT2D eigenvalue weighted by Gasteiger charge is 2.12. The van der Waals surface area contributed by atoms with E-state index >= 15 is 0 Å². The highest BCUT2D eigenvalue weighted by Crippen LogP contribution is 2.18. The van der Waals surface area contributed by atoms with Gasteiger partial charge < -0.3 is 5.32 Å². The van der Waals surface area contributed by atoms with Crippen LogP contribution < -0.4 is 5.32 Å². The number of nitrogens with one attached hydrogen (secondary N) is 1. The van der Waals surface area contributed by atoms with E-state index in [1.165, 1.54) is 11.9 Å². The molecule has 4 nitrogen and oxygen atoms in total. The molecule has 104 valence electrons. The Hall–Kier alpha value is -2.23. The molecule has 1 amide bonds. The third kappa shape index (κ3) is 3.02. The molecular formula is C16H19N3O. The van der Waals surface area contributed by atoms with E-state index in [0.717, 1.165) is 16.9 Å². The largest absolute Gasteiger partial charge is 0.321 e. The van der Waals surface area contributed by atoms with Crippen LogP contribution in [-0.4, -0.2) is 15.9 Å². The number of hydrogen-bond donors (Lipinski definition) is 1. The molecule has 0 radical (unpaired) electrons. The Bertz CT molecular complexity index is 618. The second kappa shape index (κ2) is 5.82. The van der Waals surface area contributed by atoms with Crippen LogP contribution in [0.5, 0.6) is 0 Å². The number of aromatic nitrogens is 2. The molecule has 4 heteroatoms. The Morgan fingerprint density at radius 2 is 1.75 bits per heavy atom. The molecule has 0 saturated heterocycles. The summed E-state index contributed by atoms with van der Waals surface area (Å²) in [5.41, 5.74) is 4.07. The summed E-state index contributed by atoms with van der Waals surface area (Å²) in [6, 6.07) is 7.88. The number of aryl methyl sites for hydroxylation is 1. The van der Waals surface area contributed by atoms with Gasteiger partial charge in [-0.1, -0.05) is 26.0 Å². The number of benzene rings is 1. The van der Waals surface area contributed by atoms with Gasteiger partial charge in [-0.2, -0.15) is 0 Å². The third-order valence-corrected chi connectivity index (χ3v) is 3.39. The molecule has 1 aromatic carbocycles. The number of hydrogen-bond acceptors (Lipinski definition) is 3. The van der Waals surface area contributed by atoms with Gasteiger partial charge in [0.2, 0.25) is 0 Å². The number of rotatable bonds is 3. The van der Waals surface area contributed by atoms with Crippen molar-refractivity contribution in [2.75, 3.05) is 5.32 Å². The fraction of sp³-hybridized carbons (Fsp3) is 0.312. The molecule has 1 N–H and O–H groups in total. The van der Waals surface area contributed by atoms with Crippen LogP contribution in [0.4, 0.5) is 5.69 Å². The molecule has 0 bridgehead atoms. The molecule has 2 aromatic rings. The molecule has 0 atom stereocenters. The van der Waals surface area contributed by atoms with Gasteiger partial charge in [0.05, 0.1) is 0 Å².